The van der Waals surface area contributed by atoms with Crippen LogP contribution in [0.15, 0.2) is 4.90 Å². The molecule has 4 N–H and O–H groups in total. The minimum Gasteiger partial charge on any atom is -0.325 e. The van der Waals surface area contributed by atoms with E-state index < -0.39 is 10.0 Å². The Morgan fingerprint density at radius 3 is 2.89 bits per heavy atom. The molecule has 1 fully saturated rings. The second kappa shape index (κ2) is 4.99. The van der Waals surface area contributed by atoms with Crippen LogP contribution < -0.4 is 10.5 Å². The first kappa shape index (κ1) is 13.5. The van der Waals surface area contributed by atoms with Crippen LogP contribution >= 0.6 is 0 Å². The van der Waals surface area contributed by atoms with Crippen LogP contribution in [0.4, 0.5) is 0 Å². The molecule has 0 spiro atoms. The maximum Gasteiger partial charge on any atom is 0.244 e. The van der Waals surface area contributed by atoms with Crippen molar-refractivity contribution in [3.05, 3.63) is 11.4 Å². The van der Waals surface area contributed by atoms with Crippen molar-refractivity contribution >= 4 is 10.0 Å². The maximum absolute atomic E-state index is 12.3. The van der Waals surface area contributed by atoms with E-state index in [0.717, 1.165) is 19.3 Å². The van der Waals surface area contributed by atoms with Crippen molar-refractivity contribution in [3.8, 4) is 0 Å². The predicted molar refractivity (Wildman–Crippen MR) is 68.3 cm³/mol. The number of rotatable bonds is 6. The van der Waals surface area contributed by atoms with E-state index in [-0.39, 0.29) is 17.5 Å². The molecule has 1 aromatic rings. The molecule has 2 rings (SSSR count). The van der Waals surface area contributed by atoms with Gasteiger partial charge in [-0.15, -0.1) is 0 Å². The lowest BCUT2D eigenvalue weighted by molar-refractivity contribution is 0.571. The number of aromatic amines is 1. The molecule has 102 valence electrons. The first-order chi connectivity index (χ1) is 8.49. The van der Waals surface area contributed by atoms with Crippen molar-refractivity contribution in [2.24, 2.45) is 11.7 Å². The summed E-state index contributed by atoms with van der Waals surface area (Å²) < 4.78 is 27.3. The number of H-pyrrole nitrogens is 1. The Morgan fingerprint density at radius 1 is 1.56 bits per heavy atom. The lowest BCUT2D eigenvalue weighted by atomic mass is 10.2. The third-order valence-electron chi connectivity index (χ3n) is 3.31. The minimum absolute atomic E-state index is 0.0786. The highest BCUT2D eigenvalue weighted by atomic mass is 32.2. The van der Waals surface area contributed by atoms with E-state index in [2.05, 4.69) is 21.8 Å². The van der Waals surface area contributed by atoms with Crippen LogP contribution in [0.2, 0.25) is 0 Å². The van der Waals surface area contributed by atoms with Gasteiger partial charge in [-0.1, -0.05) is 13.3 Å². The number of hydrogen-bond acceptors (Lipinski definition) is 4. The standard InChI is InChI=1S/C11H20N4O2S/c1-3-4-8-5-9(8)15-18(16,17)11-7(2)13-14-10(11)6-12/h8-9,15H,3-6,12H2,1-2H3,(H,13,14). The largest absolute Gasteiger partial charge is 0.325 e. The minimum atomic E-state index is -3.50. The maximum atomic E-state index is 12.3. The van der Waals surface area contributed by atoms with E-state index in [9.17, 15) is 8.42 Å². The summed E-state index contributed by atoms with van der Waals surface area (Å²) in [7, 11) is -3.50. The summed E-state index contributed by atoms with van der Waals surface area (Å²) in [5.41, 5.74) is 6.44. The Balaban J connectivity index is 2.14. The van der Waals surface area contributed by atoms with Gasteiger partial charge in [0, 0.05) is 12.6 Å². The molecule has 0 saturated heterocycles. The molecule has 1 heterocycles. The zero-order valence-corrected chi connectivity index (χ0v) is 11.5. The SMILES string of the molecule is CCCC1CC1NS(=O)(=O)c1c(CN)n[nH]c1C. The molecule has 18 heavy (non-hydrogen) atoms. The highest BCUT2D eigenvalue weighted by molar-refractivity contribution is 7.89. The summed E-state index contributed by atoms with van der Waals surface area (Å²) in [4.78, 5) is 0.215. The van der Waals surface area contributed by atoms with Gasteiger partial charge in [0.25, 0.3) is 0 Å². The van der Waals surface area contributed by atoms with E-state index in [1.807, 2.05) is 0 Å². The summed E-state index contributed by atoms with van der Waals surface area (Å²) >= 11 is 0. The summed E-state index contributed by atoms with van der Waals surface area (Å²) in [6, 6.07) is 0.0786. The van der Waals surface area contributed by atoms with E-state index in [1.54, 1.807) is 6.92 Å². The van der Waals surface area contributed by atoms with Gasteiger partial charge in [-0.3, -0.25) is 5.10 Å². The van der Waals surface area contributed by atoms with Crippen LogP contribution in [0.25, 0.3) is 0 Å². The molecular weight excluding hydrogens is 252 g/mol. The molecule has 1 aromatic heterocycles. The molecule has 6 nitrogen and oxygen atoms in total. The average molecular weight is 272 g/mol. The van der Waals surface area contributed by atoms with Crippen molar-refractivity contribution in [2.75, 3.05) is 0 Å². The second-order valence-corrected chi connectivity index (χ2v) is 6.49. The molecule has 1 aliphatic rings. The highest BCUT2D eigenvalue weighted by Crippen LogP contribution is 2.36. The smallest absolute Gasteiger partial charge is 0.244 e. The Bertz CT molecular complexity index is 523. The third-order valence-corrected chi connectivity index (χ3v) is 5.00. The fourth-order valence-corrected chi connectivity index (χ4v) is 4.00. The molecule has 0 radical (unpaired) electrons. The van der Waals surface area contributed by atoms with Crippen LogP contribution in [0, 0.1) is 12.8 Å². The van der Waals surface area contributed by atoms with Gasteiger partial charge in [0.15, 0.2) is 0 Å². The molecule has 0 aliphatic heterocycles. The lowest BCUT2D eigenvalue weighted by Gasteiger charge is -2.07. The zero-order chi connectivity index (χ0) is 13.3. The first-order valence-corrected chi connectivity index (χ1v) is 7.74. The molecule has 1 aliphatic carbocycles. The highest BCUT2D eigenvalue weighted by Gasteiger charge is 2.40. The van der Waals surface area contributed by atoms with E-state index in [1.165, 1.54) is 0 Å². The van der Waals surface area contributed by atoms with E-state index in [0.29, 0.717) is 17.3 Å². The topological polar surface area (TPSA) is 101 Å². The van der Waals surface area contributed by atoms with Crippen LogP contribution in [-0.4, -0.2) is 24.7 Å². The van der Waals surface area contributed by atoms with Gasteiger partial charge in [-0.25, -0.2) is 13.1 Å². The number of aryl methyl sites for hydroxylation is 1. The Labute approximate surface area is 107 Å². The molecule has 2 unspecified atom stereocenters. The number of nitrogens with one attached hydrogen (secondary N) is 2. The zero-order valence-electron chi connectivity index (χ0n) is 10.7. The first-order valence-electron chi connectivity index (χ1n) is 6.25. The number of aromatic nitrogens is 2. The van der Waals surface area contributed by atoms with Gasteiger partial charge in [0.2, 0.25) is 10.0 Å². The van der Waals surface area contributed by atoms with Gasteiger partial charge in [0.1, 0.15) is 4.90 Å². The summed E-state index contributed by atoms with van der Waals surface area (Å²) in [5.74, 6) is 0.485. The molecule has 0 amide bonds. The van der Waals surface area contributed by atoms with Crippen LogP contribution in [0.3, 0.4) is 0 Å². The molecule has 1 saturated carbocycles. The molecular formula is C11H20N4O2S. The second-order valence-electron chi connectivity index (χ2n) is 4.84. The number of sulfonamides is 1. The lowest BCUT2D eigenvalue weighted by Crippen LogP contribution is -2.28. The Morgan fingerprint density at radius 2 is 2.28 bits per heavy atom. The Hall–Kier alpha value is -0.920. The average Bonchev–Trinajstić information content (AvgIpc) is 2.88. The van der Waals surface area contributed by atoms with Crippen molar-refractivity contribution in [1.29, 1.82) is 0 Å². The summed E-state index contributed by atoms with van der Waals surface area (Å²) in [6.45, 7) is 3.91. The monoisotopic (exact) mass is 272 g/mol. The fourth-order valence-electron chi connectivity index (χ4n) is 2.30. The van der Waals surface area contributed by atoms with Gasteiger partial charge >= 0.3 is 0 Å². The van der Waals surface area contributed by atoms with E-state index >= 15 is 0 Å². The normalized spacial score (nSPS) is 23.3. The van der Waals surface area contributed by atoms with Crippen LogP contribution in [-0.2, 0) is 16.6 Å². The van der Waals surface area contributed by atoms with Crippen LogP contribution in [0.1, 0.15) is 37.6 Å². The fraction of sp³-hybridized carbons (Fsp3) is 0.727. The van der Waals surface area contributed by atoms with Gasteiger partial charge in [-0.05, 0) is 25.7 Å². The van der Waals surface area contributed by atoms with Crippen molar-refractivity contribution < 1.29 is 8.42 Å². The number of nitrogens with zero attached hydrogens (tertiary/aromatic N) is 1. The quantitative estimate of drug-likeness (QED) is 0.707. The predicted octanol–water partition coefficient (Wildman–Crippen LogP) is 0.644. The Kier molecular flexibility index (Phi) is 3.74. The molecule has 2 atom stereocenters. The molecule has 7 heteroatoms. The van der Waals surface area contributed by atoms with Crippen molar-refractivity contribution in [1.82, 2.24) is 14.9 Å². The van der Waals surface area contributed by atoms with Crippen molar-refractivity contribution in [2.45, 2.75) is 50.6 Å². The summed E-state index contributed by atoms with van der Waals surface area (Å²) in [5, 5.41) is 6.59. The van der Waals surface area contributed by atoms with Gasteiger partial charge in [0.05, 0.1) is 11.4 Å². The number of hydrogen-bond donors (Lipinski definition) is 3. The molecule has 0 bridgehead atoms. The van der Waals surface area contributed by atoms with Gasteiger partial charge < -0.3 is 5.73 Å². The van der Waals surface area contributed by atoms with E-state index in [4.69, 9.17) is 5.73 Å². The molecule has 0 aromatic carbocycles. The number of nitrogens with two attached hydrogens (primary N) is 1. The van der Waals surface area contributed by atoms with Gasteiger partial charge in [-0.2, -0.15) is 5.10 Å². The third kappa shape index (κ3) is 2.57. The van der Waals surface area contributed by atoms with Crippen LogP contribution in [0.5, 0.6) is 0 Å². The summed E-state index contributed by atoms with van der Waals surface area (Å²) in [6.07, 6.45) is 3.09. The van der Waals surface area contributed by atoms with Crippen molar-refractivity contribution in [3.63, 3.8) is 0 Å².